The fourth-order valence-corrected chi connectivity index (χ4v) is 2.28. The minimum absolute atomic E-state index is 0.687. The smallest absolute Gasteiger partial charge is 0.181 e. The molecule has 0 atom stereocenters. The Hall–Kier alpha value is -1.35. The molecule has 2 aromatic rings. The van der Waals surface area contributed by atoms with E-state index in [-0.39, 0.29) is 0 Å². The first-order valence-electron chi connectivity index (χ1n) is 5.47. The third-order valence-electron chi connectivity index (χ3n) is 3.17. The second kappa shape index (κ2) is 3.66. The monoisotopic (exact) mass is 202 g/mol. The van der Waals surface area contributed by atoms with E-state index in [0.29, 0.717) is 5.92 Å². The molecule has 0 spiro atoms. The number of fused-ring (bicyclic) bond motifs is 1. The van der Waals surface area contributed by atoms with Crippen molar-refractivity contribution in [2.75, 3.05) is 13.1 Å². The van der Waals surface area contributed by atoms with Crippen LogP contribution in [0.3, 0.4) is 0 Å². The average molecular weight is 202 g/mol. The molecule has 1 aromatic carbocycles. The number of hydrogen-bond donors (Lipinski definition) is 1. The summed E-state index contributed by atoms with van der Waals surface area (Å²) < 4.78 is 5.24. The van der Waals surface area contributed by atoms with E-state index in [2.05, 4.69) is 22.4 Å². The van der Waals surface area contributed by atoms with Gasteiger partial charge in [-0.25, -0.2) is 4.98 Å². The molecule has 1 N–H and O–H groups in total. The zero-order valence-electron chi connectivity index (χ0n) is 8.57. The highest BCUT2D eigenvalue weighted by Gasteiger charge is 2.15. The van der Waals surface area contributed by atoms with E-state index in [1.807, 2.05) is 6.07 Å². The van der Waals surface area contributed by atoms with Crippen LogP contribution in [0, 0.1) is 0 Å². The van der Waals surface area contributed by atoms with E-state index in [1.165, 1.54) is 24.8 Å². The van der Waals surface area contributed by atoms with Crippen molar-refractivity contribution in [1.82, 2.24) is 10.3 Å². The first-order valence-corrected chi connectivity index (χ1v) is 5.47. The van der Waals surface area contributed by atoms with Gasteiger partial charge in [-0.15, -0.1) is 0 Å². The predicted molar refractivity (Wildman–Crippen MR) is 58.9 cm³/mol. The van der Waals surface area contributed by atoms with Gasteiger partial charge >= 0.3 is 0 Å². The van der Waals surface area contributed by atoms with Crippen LogP contribution in [-0.2, 0) is 0 Å². The highest BCUT2D eigenvalue weighted by atomic mass is 16.3. The maximum atomic E-state index is 5.24. The predicted octanol–water partition coefficient (Wildman–Crippen LogP) is 2.29. The molecule has 1 fully saturated rings. The van der Waals surface area contributed by atoms with E-state index >= 15 is 0 Å². The van der Waals surface area contributed by atoms with Crippen molar-refractivity contribution < 1.29 is 4.42 Å². The molecule has 0 bridgehead atoms. The normalized spacial score (nSPS) is 18.4. The highest BCUT2D eigenvalue weighted by Crippen LogP contribution is 2.27. The van der Waals surface area contributed by atoms with E-state index < -0.39 is 0 Å². The molecule has 0 amide bonds. The number of rotatable bonds is 1. The van der Waals surface area contributed by atoms with Gasteiger partial charge < -0.3 is 9.73 Å². The first kappa shape index (κ1) is 8.92. The lowest BCUT2D eigenvalue weighted by molar-refractivity contribution is 0.460. The molecular weight excluding hydrogens is 188 g/mol. The second-order valence-corrected chi connectivity index (χ2v) is 4.10. The van der Waals surface area contributed by atoms with Crippen LogP contribution < -0.4 is 5.32 Å². The molecule has 78 valence electrons. The lowest BCUT2D eigenvalue weighted by Crippen LogP contribution is -2.26. The van der Waals surface area contributed by atoms with E-state index in [0.717, 1.165) is 24.2 Å². The Morgan fingerprint density at radius 3 is 3.00 bits per heavy atom. The van der Waals surface area contributed by atoms with Crippen LogP contribution in [-0.4, -0.2) is 18.1 Å². The van der Waals surface area contributed by atoms with Gasteiger partial charge in [0, 0.05) is 0 Å². The summed E-state index contributed by atoms with van der Waals surface area (Å²) in [7, 11) is 0. The number of oxazole rings is 1. The van der Waals surface area contributed by atoms with Gasteiger partial charge in [-0.2, -0.15) is 0 Å². The molecule has 15 heavy (non-hydrogen) atoms. The van der Waals surface area contributed by atoms with Crippen LogP contribution in [0.1, 0.15) is 24.3 Å². The van der Waals surface area contributed by atoms with Crippen molar-refractivity contribution in [2.45, 2.75) is 18.8 Å². The second-order valence-electron chi connectivity index (χ2n) is 4.10. The summed E-state index contributed by atoms with van der Waals surface area (Å²) in [5.74, 6) is 0.687. The fourth-order valence-electron chi connectivity index (χ4n) is 2.28. The molecule has 3 rings (SSSR count). The first-order chi connectivity index (χ1) is 7.43. The Morgan fingerprint density at radius 1 is 1.27 bits per heavy atom. The maximum absolute atomic E-state index is 5.24. The van der Waals surface area contributed by atoms with Gasteiger partial charge in [-0.05, 0) is 49.5 Å². The van der Waals surface area contributed by atoms with Crippen LogP contribution in [0.15, 0.2) is 29.0 Å². The van der Waals surface area contributed by atoms with Gasteiger partial charge in [0.1, 0.15) is 5.52 Å². The van der Waals surface area contributed by atoms with Crippen molar-refractivity contribution in [3.05, 3.63) is 30.2 Å². The summed E-state index contributed by atoms with van der Waals surface area (Å²) in [4.78, 5) is 4.19. The van der Waals surface area contributed by atoms with Gasteiger partial charge in [0.05, 0.1) is 0 Å². The topological polar surface area (TPSA) is 38.1 Å². The summed E-state index contributed by atoms with van der Waals surface area (Å²) in [5.41, 5.74) is 3.26. The van der Waals surface area contributed by atoms with E-state index in [1.54, 1.807) is 0 Å². The molecule has 2 heterocycles. The largest absolute Gasteiger partial charge is 0.443 e. The molecule has 3 heteroatoms. The van der Waals surface area contributed by atoms with Crippen molar-refractivity contribution in [3.63, 3.8) is 0 Å². The summed E-state index contributed by atoms with van der Waals surface area (Å²) in [6.45, 7) is 2.25. The standard InChI is InChI=1S/C12H14N2O/c1-2-12-11(14-8-15-12)7-10(1)9-3-5-13-6-4-9/h1-2,7-9,13H,3-6H2. The Morgan fingerprint density at radius 2 is 2.13 bits per heavy atom. The summed E-state index contributed by atoms with van der Waals surface area (Å²) in [5, 5.41) is 3.38. The minimum atomic E-state index is 0.687. The number of nitrogens with zero attached hydrogens (tertiary/aromatic N) is 1. The zero-order chi connectivity index (χ0) is 10.1. The molecule has 1 saturated heterocycles. The summed E-state index contributed by atoms with van der Waals surface area (Å²) in [6.07, 6.45) is 3.96. The van der Waals surface area contributed by atoms with Crippen LogP contribution >= 0.6 is 0 Å². The third kappa shape index (κ3) is 1.63. The lowest BCUT2D eigenvalue weighted by atomic mass is 9.90. The Kier molecular flexibility index (Phi) is 2.18. The number of aromatic nitrogens is 1. The van der Waals surface area contributed by atoms with Gasteiger partial charge in [-0.1, -0.05) is 6.07 Å². The Bertz CT molecular complexity index is 457. The molecule has 0 saturated carbocycles. The van der Waals surface area contributed by atoms with Crippen molar-refractivity contribution in [3.8, 4) is 0 Å². The summed E-state index contributed by atoms with van der Waals surface area (Å²) >= 11 is 0. The third-order valence-corrected chi connectivity index (χ3v) is 3.17. The molecule has 1 aliphatic heterocycles. The van der Waals surface area contributed by atoms with Gasteiger partial charge in [-0.3, -0.25) is 0 Å². The molecular formula is C12H14N2O. The maximum Gasteiger partial charge on any atom is 0.181 e. The molecule has 0 unspecified atom stereocenters. The average Bonchev–Trinajstić information content (AvgIpc) is 2.77. The van der Waals surface area contributed by atoms with Crippen LogP contribution in [0.25, 0.3) is 11.1 Å². The number of benzene rings is 1. The molecule has 0 radical (unpaired) electrons. The highest BCUT2D eigenvalue weighted by molar-refractivity contribution is 5.72. The van der Waals surface area contributed by atoms with Crippen molar-refractivity contribution >= 4 is 11.1 Å². The minimum Gasteiger partial charge on any atom is -0.443 e. The van der Waals surface area contributed by atoms with Crippen LogP contribution in [0.4, 0.5) is 0 Å². The van der Waals surface area contributed by atoms with Crippen LogP contribution in [0.2, 0.25) is 0 Å². The van der Waals surface area contributed by atoms with Crippen molar-refractivity contribution in [2.24, 2.45) is 0 Å². The molecule has 0 aliphatic carbocycles. The Balaban J connectivity index is 1.95. The van der Waals surface area contributed by atoms with E-state index in [9.17, 15) is 0 Å². The van der Waals surface area contributed by atoms with Gasteiger partial charge in [0.25, 0.3) is 0 Å². The lowest BCUT2D eigenvalue weighted by Gasteiger charge is -2.22. The number of nitrogens with one attached hydrogen (secondary N) is 1. The zero-order valence-corrected chi connectivity index (χ0v) is 8.57. The number of piperidine rings is 1. The quantitative estimate of drug-likeness (QED) is 0.771. The number of hydrogen-bond acceptors (Lipinski definition) is 3. The van der Waals surface area contributed by atoms with Gasteiger partial charge in [0.15, 0.2) is 12.0 Å². The molecule has 1 aliphatic rings. The fraction of sp³-hybridized carbons (Fsp3) is 0.417. The Labute approximate surface area is 88.5 Å². The molecule has 3 nitrogen and oxygen atoms in total. The van der Waals surface area contributed by atoms with E-state index in [4.69, 9.17) is 4.42 Å². The molecule has 1 aromatic heterocycles. The summed E-state index contributed by atoms with van der Waals surface area (Å²) in [6, 6.07) is 6.36. The van der Waals surface area contributed by atoms with Crippen LogP contribution in [0.5, 0.6) is 0 Å². The van der Waals surface area contributed by atoms with Gasteiger partial charge in [0.2, 0.25) is 0 Å². The SMILES string of the molecule is c1nc2cc(C3CCNCC3)ccc2o1. The van der Waals surface area contributed by atoms with Crippen molar-refractivity contribution in [1.29, 1.82) is 0 Å².